The van der Waals surface area contributed by atoms with E-state index in [-0.39, 0.29) is 18.2 Å². The Morgan fingerprint density at radius 2 is 2.10 bits per heavy atom. The fraction of sp³-hybridized carbons (Fsp3) is 0.312. The van der Waals surface area contributed by atoms with Crippen LogP contribution in [0.4, 0.5) is 0 Å². The lowest BCUT2D eigenvalue weighted by Crippen LogP contribution is -2.40. The number of piperidine rings is 1. The Labute approximate surface area is 117 Å². The molecular formula is C16H16N2O2. The Morgan fingerprint density at radius 3 is 2.90 bits per heavy atom. The number of nitrogens with zero attached hydrogens (tertiary/aromatic N) is 2. The van der Waals surface area contributed by atoms with Crippen molar-refractivity contribution >= 4 is 22.6 Å². The molecule has 0 radical (unpaired) electrons. The number of likely N-dealkylation sites (tertiary alicyclic amines) is 1. The normalized spacial score (nSPS) is 15.7. The van der Waals surface area contributed by atoms with Crippen LogP contribution in [0.1, 0.15) is 28.9 Å². The minimum atomic E-state index is -0.0697. The van der Waals surface area contributed by atoms with E-state index in [0.29, 0.717) is 18.5 Å². The summed E-state index contributed by atoms with van der Waals surface area (Å²) in [7, 11) is 0. The van der Waals surface area contributed by atoms with Crippen LogP contribution in [0.15, 0.2) is 30.3 Å². The van der Waals surface area contributed by atoms with Crippen molar-refractivity contribution in [3.05, 3.63) is 41.6 Å². The van der Waals surface area contributed by atoms with Gasteiger partial charge in [-0.3, -0.25) is 14.6 Å². The highest BCUT2D eigenvalue weighted by atomic mass is 16.2. The van der Waals surface area contributed by atoms with Gasteiger partial charge in [-0.2, -0.15) is 0 Å². The summed E-state index contributed by atoms with van der Waals surface area (Å²) >= 11 is 0. The molecule has 2 aromatic rings. The van der Waals surface area contributed by atoms with Crippen molar-refractivity contribution in [2.45, 2.75) is 19.8 Å². The van der Waals surface area contributed by atoms with E-state index in [0.717, 1.165) is 23.0 Å². The highest BCUT2D eigenvalue weighted by Crippen LogP contribution is 2.21. The van der Waals surface area contributed by atoms with E-state index in [1.54, 1.807) is 4.90 Å². The van der Waals surface area contributed by atoms with Gasteiger partial charge in [-0.1, -0.05) is 18.2 Å². The van der Waals surface area contributed by atoms with Crippen LogP contribution in [-0.2, 0) is 4.79 Å². The SMILES string of the molecule is Cc1cc(C(=O)N2CCCC(=O)C2)c2ccccc2n1. The molecule has 1 saturated heterocycles. The molecular weight excluding hydrogens is 252 g/mol. The third-order valence-corrected chi connectivity index (χ3v) is 3.61. The first-order chi connectivity index (χ1) is 9.65. The Bertz CT molecular complexity index is 694. The second kappa shape index (κ2) is 5.04. The molecule has 4 heteroatoms. The summed E-state index contributed by atoms with van der Waals surface area (Å²) in [5.74, 6) is 0.0689. The van der Waals surface area contributed by atoms with E-state index in [1.165, 1.54) is 0 Å². The molecule has 1 amide bonds. The average molecular weight is 268 g/mol. The quantitative estimate of drug-likeness (QED) is 0.797. The minimum absolute atomic E-state index is 0.0697. The molecule has 0 N–H and O–H groups in total. The van der Waals surface area contributed by atoms with Gasteiger partial charge in [0, 0.05) is 24.0 Å². The van der Waals surface area contributed by atoms with Crippen molar-refractivity contribution < 1.29 is 9.59 Å². The van der Waals surface area contributed by atoms with Gasteiger partial charge in [-0.15, -0.1) is 0 Å². The predicted octanol–water partition coefficient (Wildman–Crippen LogP) is 2.35. The molecule has 3 rings (SSSR count). The van der Waals surface area contributed by atoms with Crippen molar-refractivity contribution in [1.29, 1.82) is 0 Å². The summed E-state index contributed by atoms with van der Waals surface area (Å²) in [6.45, 7) is 2.76. The second-order valence-electron chi connectivity index (χ2n) is 5.20. The van der Waals surface area contributed by atoms with Gasteiger partial charge in [0.2, 0.25) is 0 Å². The van der Waals surface area contributed by atoms with Crippen molar-refractivity contribution in [2.75, 3.05) is 13.1 Å². The zero-order valence-corrected chi connectivity index (χ0v) is 11.4. The van der Waals surface area contributed by atoms with Crippen molar-refractivity contribution in [2.24, 2.45) is 0 Å². The molecule has 1 aliphatic rings. The number of aromatic nitrogens is 1. The monoisotopic (exact) mass is 268 g/mol. The van der Waals surface area contributed by atoms with E-state index >= 15 is 0 Å². The minimum Gasteiger partial charge on any atom is -0.331 e. The summed E-state index contributed by atoms with van der Waals surface area (Å²) in [5.41, 5.74) is 2.28. The van der Waals surface area contributed by atoms with Gasteiger partial charge in [0.25, 0.3) is 5.91 Å². The number of Topliss-reactive ketones (excluding diaryl/α,β-unsaturated/α-hetero) is 1. The van der Waals surface area contributed by atoms with Crippen LogP contribution in [0.2, 0.25) is 0 Å². The topological polar surface area (TPSA) is 50.3 Å². The summed E-state index contributed by atoms with van der Waals surface area (Å²) in [6.07, 6.45) is 1.34. The highest BCUT2D eigenvalue weighted by Gasteiger charge is 2.24. The highest BCUT2D eigenvalue weighted by molar-refractivity contribution is 6.07. The van der Waals surface area contributed by atoms with Crippen LogP contribution >= 0.6 is 0 Å². The van der Waals surface area contributed by atoms with E-state index < -0.39 is 0 Å². The number of carbonyl (C=O) groups is 2. The average Bonchev–Trinajstić information content (AvgIpc) is 2.45. The van der Waals surface area contributed by atoms with Gasteiger partial charge >= 0.3 is 0 Å². The Hall–Kier alpha value is -2.23. The lowest BCUT2D eigenvalue weighted by Gasteiger charge is -2.26. The van der Waals surface area contributed by atoms with E-state index in [2.05, 4.69) is 4.98 Å². The molecule has 0 bridgehead atoms. The molecule has 102 valence electrons. The van der Waals surface area contributed by atoms with Crippen LogP contribution in [-0.4, -0.2) is 34.7 Å². The van der Waals surface area contributed by atoms with Gasteiger partial charge in [0.15, 0.2) is 5.78 Å². The maximum atomic E-state index is 12.7. The second-order valence-corrected chi connectivity index (χ2v) is 5.20. The molecule has 4 nitrogen and oxygen atoms in total. The maximum Gasteiger partial charge on any atom is 0.255 e. The molecule has 20 heavy (non-hydrogen) atoms. The predicted molar refractivity (Wildman–Crippen MR) is 76.6 cm³/mol. The molecule has 0 saturated carbocycles. The number of hydrogen-bond donors (Lipinski definition) is 0. The summed E-state index contributed by atoms with van der Waals surface area (Å²) in [6, 6.07) is 9.43. The van der Waals surface area contributed by atoms with Gasteiger partial charge in [0.1, 0.15) is 0 Å². The number of para-hydroxylation sites is 1. The first kappa shape index (κ1) is 12.8. The van der Waals surface area contributed by atoms with Gasteiger partial charge in [-0.05, 0) is 25.5 Å². The number of carbonyl (C=O) groups excluding carboxylic acids is 2. The largest absolute Gasteiger partial charge is 0.331 e. The lowest BCUT2D eigenvalue weighted by molar-refractivity contribution is -0.121. The van der Waals surface area contributed by atoms with Gasteiger partial charge < -0.3 is 4.90 Å². The molecule has 1 aromatic carbocycles. The maximum absolute atomic E-state index is 12.7. The standard InChI is InChI=1S/C16H16N2O2/c1-11-9-14(13-6-2-3-7-15(13)17-11)16(20)18-8-4-5-12(19)10-18/h2-3,6-7,9H,4-5,8,10H2,1H3. The number of pyridine rings is 1. The smallest absolute Gasteiger partial charge is 0.255 e. The summed E-state index contributed by atoms with van der Waals surface area (Å²) < 4.78 is 0. The Balaban J connectivity index is 2.04. The van der Waals surface area contributed by atoms with Crippen LogP contribution in [0.3, 0.4) is 0 Å². The molecule has 1 aliphatic heterocycles. The lowest BCUT2D eigenvalue weighted by atomic mass is 10.0. The van der Waals surface area contributed by atoms with Crippen molar-refractivity contribution in [1.82, 2.24) is 9.88 Å². The molecule has 0 atom stereocenters. The molecule has 0 unspecified atom stereocenters. The van der Waals surface area contributed by atoms with E-state index in [4.69, 9.17) is 0 Å². The summed E-state index contributed by atoms with van der Waals surface area (Å²) in [5, 5.41) is 0.848. The molecule has 2 heterocycles. The fourth-order valence-electron chi connectivity index (χ4n) is 2.67. The number of ketones is 1. The van der Waals surface area contributed by atoms with Crippen LogP contribution in [0.5, 0.6) is 0 Å². The van der Waals surface area contributed by atoms with E-state index in [9.17, 15) is 9.59 Å². The third kappa shape index (κ3) is 2.29. The number of rotatable bonds is 1. The number of amides is 1. The zero-order valence-electron chi connectivity index (χ0n) is 11.4. The van der Waals surface area contributed by atoms with Crippen LogP contribution in [0.25, 0.3) is 10.9 Å². The van der Waals surface area contributed by atoms with E-state index in [1.807, 2.05) is 37.3 Å². The molecule has 0 spiro atoms. The molecule has 0 aliphatic carbocycles. The van der Waals surface area contributed by atoms with Crippen molar-refractivity contribution in [3.8, 4) is 0 Å². The van der Waals surface area contributed by atoms with Gasteiger partial charge in [0.05, 0.1) is 17.6 Å². The fourth-order valence-corrected chi connectivity index (χ4v) is 2.67. The molecule has 1 fully saturated rings. The summed E-state index contributed by atoms with van der Waals surface area (Å²) in [4.78, 5) is 30.3. The molecule has 1 aromatic heterocycles. The first-order valence-electron chi connectivity index (χ1n) is 6.82. The number of fused-ring (bicyclic) bond motifs is 1. The number of aryl methyl sites for hydroxylation is 1. The Kier molecular flexibility index (Phi) is 3.22. The van der Waals surface area contributed by atoms with Crippen molar-refractivity contribution in [3.63, 3.8) is 0 Å². The number of hydrogen-bond acceptors (Lipinski definition) is 3. The first-order valence-corrected chi connectivity index (χ1v) is 6.82. The van der Waals surface area contributed by atoms with Crippen LogP contribution < -0.4 is 0 Å². The third-order valence-electron chi connectivity index (χ3n) is 3.61. The zero-order chi connectivity index (χ0) is 14.1. The van der Waals surface area contributed by atoms with Crippen LogP contribution in [0, 0.1) is 6.92 Å². The number of benzene rings is 1. The van der Waals surface area contributed by atoms with Gasteiger partial charge in [-0.25, -0.2) is 0 Å². The Morgan fingerprint density at radius 1 is 1.30 bits per heavy atom.